The van der Waals surface area contributed by atoms with Gasteiger partial charge in [-0.15, -0.1) is 0 Å². The first-order valence-corrected chi connectivity index (χ1v) is 7.97. The van der Waals surface area contributed by atoms with Crippen LogP contribution in [0.25, 0.3) is 0 Å². The Hall–Kier alpha value is -1.97. The van der Waals surface area contributed by atoms with Crippen LogP contribution in [-0.4, -0.2) is 18.2 Å². The molecule has 1 unspecified atom stereocenters. The summed E-state index contributed by atoms with van der Waals surface area (Å²) in [5.41, 5.74) is 1.71. The average molecular weight is 311 g/mol. The van der Waals surface area contributed by atoms with Crippen molar-refractivity contribution in [2.45, 2.75) is 25.0 Å². The van der Waals surface area contributed by atoms with Crippen LogP contribution >= 0.6 is 0 Å². The normalized spacial score (nSPS) is 23.4. The van der Waals surface area contributed by atoms with Crippen molar-refractivity contribution in [2.75, 3.05) is 13.3 Å². The molecule has 0 radical (unpaired) electrons. The molecule has 2 aromatic carbocycles. The van der Waals surface area contributed by atoms with Crippen LogP contribution in [0, 0.1) is 5.82 Å². The van der Waals surface area contributed by atoms with Crippen molar-refractivity contribution in [3.63, 3.8) is 0 Å². The van der Waals surface area contributed by atoms with E-state index in [1.807, 2.05) is 12.1 Å². The smallest absolute Gasteiger partial charge is 0.123 e. The number of benzene rings is 2. The largest absolute Gasteiger partial charge is 0.351 e. The molecule has 0 aliphatic carbocycles. The summed E-state index contributed by atoms with van der Waals surface area (Å²) < 4.78 is 19.3. The third-order valence-electron chi connectivity index (χ3n) is 4.75. The van der Waals surface area contributed by atoms with Gasteiger partial charge in [-0.3, -0.25) is 4.90 Å². The van der Waals surface area contributed by atoms with Crippen LogP contribution in [0.1, 0.15) is 30.5 Å². The molecule has 0 N–H and O–H groups in total. The predicted octanol–water partition coefficient (Wildman–Crippen LogP) is 4.65. The molecule has 2 nitrogen and oxygen atoms in total. The summed E-state index contributed by atoms with van der Waals surface area (Å²) in [5.74, 6) is -0.233. The molecule has 0 amide bonds. The average Bonchev–Trinajstić information content (AvgIpc) is 2.62. The molecule has 0 aromatic heterocycles. The fourth-order valence-corrected chi connectivity index (χ4v) is 3.13. The Balaban J connectivity index is 1.73. The van der Waals surface area contributed by atoms with Gasteiger partial charge >= 0.3 is 0 Å². The number of hydrogen-bond donors (Lipinski definition) is 0. The standard InChI is InChI=1S/C20H22FNO/c1-3-20(18-9-11-19(21)12-10-18)13-14-22(15-23-20)16(2)17-7-5-4-6-8-17/h3-12,16H,1,13-15H2,2H3/t16-,20?/m0/s1. The van der Waals surface area contributed by atoms with Crippen molar-refractivity contribution in [1.29, 1.82) is 0 Å². The van der Waals surface area contributed by atoms with E-state index in [1.54, 1.807) is 12.1 Å². The highest BCUT2D eigenvalue weighted by Gasteiger charge is 2.36. The van der Waals surface area contributed by atoms with Crippen molar-refractivity contribution in [1.82, 2.24) is 4.90 Å². The molecule has 0 saturated carbocycles. The lowest BCUT2D eigenvalue weighted by Crippen LogP contribution is -2.44. The molecule has 3 heteroatoms. The zero-order chi connectivity index (χ0) is 16.3. The van der Waals surface area contributed by atoms with Crippen LogP contribution in [-0.2, 0) is 10.3 Å². The molecule has 0 bridgehead atoms. The second-order valence-corrected chi connectivity index (χ2v) is 6.02. The monoisotopic (exact) mass is 311 g/mol. The van der Waals surface area contributed by atoms with Gasteiger partial charge in [-0.05, 0) is 36.6 Å². The Morgan fingerprint density at radius 1 is 1.17 bits per heavy atom. The van der Waals surface area contributed by atoms with Gasteiger partial charge in [-0.1, -0.05) is 55.1 Å². The van der Waals surface area contributed by atoms with E-state index in [-0.39, 0.29) is 5.82 Å². The van der Waals surface area contributed by atoms with Gasteiger partial charge in [0.15, 0.2) is 0 Å². The van der Waals surface area contributed by atoms with Gasteiger partial charge in [0.05, 0.1) is 0 Å². The summed E-state index contributed by atoms with van der Waals surface area (Å²) in [6, 6.07) is 17.2. The highest BCUT2D eigenvalue weighted by atomic mass is 19.1. The van der Waals surface area contributed by atoms with E-state index >= 15 is 0 Å². The van der Waals surface area contributed by atoms with Crippen molar-refractivity contribution < 1.29 is 9.13 Å². The Kier molecular flexibility index (Phi) is 4.60. The van der Waals surface area contributed by atoms with Crippen LogP contribution in [0.4, 0.5) is 4.39 Å². The molecule has 3 rings (SSSR count). The van der Waals surface area contributed by atoms with Crippen LogP contribution in [0.5, 0.6) is 0 Å². The molecule has 0 spiro atoms. The Morgan fingerprint density at radius 3 is 2.43 bits per heavy atom. The molecule has 2 aromatic rings. The van der Waals surface area contributed by atoms with Gasteiger partial charge in [-0.2, -0.15) is 0 Å². The van der Waals surface area contributed by atoms with Crippen LogP contribution in [0.2, 0.25) is 0 Å². The van der Waals surface area contributed by atoms with Crippen molar-refractivity contribution in [3.8, 4) is 0 Å². The number of ether oxygens (including phenoxy) is 1. The van der Waals surface area contributed by atoms with Crippen LogP contribution in [0.15, 0.2) is 67.3 Å². The highest BCUT2D eigenvalue weighted by Crippen LogP contribution is 2.36. The van der Waals surface area contributed by atoms with Crippen molar-refractivity contribution >= 4 is 0 Å². The zero-order valence-corrected chi connectivity index (χ0v) is 13.4. The molecular formula is C20H22FNO. The lowest BCUT2D eigenvalue weighted by atomic mass is 9.88. The van der Waals surface area contributed by atoms with Gasteiger partial charge in [0.2, 0.25) is 0 Å². The van der Waals surface area contributed by atoms with Gasteiger partial charge in [0.1, 0.15) is 18.1 Å². The lowest BCUT2D eigenvalue weighted by Gasteiger charge is -2.42. The number of nitrogens with zero attached hydrogens (tertiary/aromatic N) is 1. The van der Waals surface area contributed by atoms with Crippen LogP contribution < -0.4 is 0 Å². The number of hydrogen-bond acceptors (Lipinski definition) is 2. The third kappa shape index (κ3) is 3.21. The predicted molar refractivity (Wildman–Crippen MR) is 90.4 cm³/mol. The summed E-state index contributed by atoms with van der Waals surface area (Å²) in [6.07, 6.45) is 2.64. The van der Waals surface area contributed by atoms with Gasteiger partial charge in [0, 0.05) is 12.6 Å². The molecule has 23 heavy (non-hydrogen) atoms. The van der Waals surface area contributed by atoms with Gasteiger partial charge in [-0.25, -0.2) is 4.39 Å². The van der Waals surface area contributed by atoms with E-state index < -0.39 is 5.60 Å². The molecule has 120 valence electrons. The second kappa shape index (κ2) is 6.65. The summed E-state index contributed by atoms with van der Waals surface area (Å²) in [4.78, 5) is 2.31. The molecule has 1 saturated heterocycles. The maximum absolute atomic E-state index is 13.2. The first-order valence-electron chi connectivity index (χ1n) is 7.97. The summed E-state index contributed by atoms with van der Waals surface area (Å²) >= 11 is 0. The Morgan fingerprint density at radius 2 is 1.87 bits per heavy atom. The highest BCUT2D eigenvalue weighted by molar-refractivity contribution is 5.28. The third-order valence-corrected chi connectivity index (χ3v) is 4.75. The van der Waals surface area contributed by atoms with E-state index in [4.69, 9.17) is 4.74 Å². The number of rotatable bonds is 4. The van der Waals surface area contributed by atoms with E-state index in [0.717, 1.165) is 18.5 Å². The fraction of sp³-hybridized carbons (Fsp3) is 0.300. The van der Waals surface area contributed by atoms with Crippen molar-refractivity contribution in [3.05, 3.63) is 84.2 Å². The maximum Gasteiger partial charge on any atom is 0.123 e. The van der Waals surface area contributed by atoms with Gasteiger partial charge in [0.25, 0.3) is 0 Å². The topological polar surface area (TPSA) is 12.5 Å². The van der Waals surface area contributed by atoms with E-state index in [0.29, 0.717) is 12.8 Å². The molecule has 1 heterocycles. The molecule has 1 aliphatic heterocycles. The Labute approximate surface area is 137 Å². The van der Waals surface area contributed by atoms with E-state index in [2.05, 4.69) is 42.7 Å². The minimum absolute atomic E-state index is 0.233. The molecular weight excluding hydrogens is 289 g/mol. The quantitative estimate of drug-likeness (QED) is 0.762. The summed E-state index contributed by atoms with van der Waals surface area (Å²) in [7, 11) is 0. The molecule has 2 atom stereocenters. The first kappa shape index (κ1) is 15.9. The molecule has 1 fully saturated rings. The minimum atomic E-state index is -0.527. The molecule has 1 aliphatic rings. The first-order chi connectivity index (χ1) is 11.1. The number of halogens is 1. The van der Waals surface area contributed by atoms with E-state index in [9.17, 15) is 4.39 Å². The Bertz CT molecular complexity index is 645. The van der Waals surface area contributed by atoms with Crippen molar-refractivity contribution in [2.24, 2.45) is 0 Å². The SMILES string of the molecule is C=CC1(c2ccc(F)cc2)CCN([C@@H](C)c2ccccc2)CO1. The van der Waals surface area contributed by atoms with Crippen LogP contribution in [0.3, 0.4) is 0 Å². The lowest BCUT2D eigenvalue weighted by molar-refractivity contribution is -0.128. The van der Waals surface area contributed by atoms with Gasteiger partial charge < -0.3 is 4.74 Å². The summed E-state index contributed by atoms with van der Waals surface area (Å²) in [5, 5.41) is 0. The zero-order valence-electron chi connectivity index (χ0n) is 13.4. The summed E-state index contributed by atoms with van der Waals surface area (Å²) in [6.45, 7) is 7.57. The van der Waals surface area contributed by atoms with E-state index in [1.165, 1.54) is 17.7 Å². The maximum atomic E-state index is 13.2. The minimum Gasteiger partial charge on any atom is -0.351 e. The fourth-order valence-electron chi connectivity index (χ4n) is 3.13. The second-order valence-electron chi connectivity index (χ2n) is 6.02.